The maximum atomic E-state index is 12.2. The second-order valence-corrected chi connectivity index (χ2v) is 1.82. The maximum Gasteiger partial charge on any atom is 0.376 e. The summed E-state index contributed by atoms with van der Waals surface area (Å²) >= 11 is 0. The van der Waals surface area contributed by atoms with Crippen LogP contribution >= 0.6 is 0 Å². The number of hydrogen-bond acceptors (Lipinski definition) is 3. The second-order valence-electron chi connectivity index (χ2n) is 1.82. The third kappa shape index (κ3) is 3.85. The van der Waals surface area contributed by atoms with E-state index in [1.54, 1.807) is 5.48 Å². The van der Waals surface area contributed by atoms with Crippen LogP contribution in [0, 0.1) is 12.3 Å². The highest BCUT2D eigenvalue weighted by molar-refractivity contribution is 5.75. The van der Waals surface area contributed by atoms with Gasteiger partial charge in [0.15, 0.2) is 0 Å². The van der Waals surface area contributed by atoms with Crippen molar-refractivity contribution in [2.45, 2.75) is 5.92 Å². The molecule has 12 heavy (non-hydrogen) atoms. The van der Waals surface area contributed by atoms with Crippen molar-refractivity contribution in [2.75, 3.05) is 13.2 Å². The summed E-state index contributed by atoms with van der Waals surface area (Å²) in [5.74, 6) is -4.04. The van der Waals surface area contributed by atoms with E-state index in [1.165, 1.54) is 0 Å². The largest absolute Gasteiger partial charge is 0.477 e. The van der Waals surface area contributed by atoms with Gasteiger partial charge in [0.05, 0.1) is 6.54 Å². The average Bonchev–Trinajstić information content (AvgIpc) is 1.98. The Hall–Kier alpha value is -1.19. The zero-order valence-electron chi connectivity index (χ0n) is 6.01. The van der Waals surface area contributed by atoms with Crippen molar-refractivity contribution in [3.8, 4) is 12.3 Å². The molecule has 0 aromatic carbocycles. The van der Waals surface area contributed by atoms with Crippen LogP contribution in [0.25, 0.3) is 0 Å². The van der Waals surface area contributed by atoms with Gasteiger partial charge in [0.1, 0.15) is 6.61 Å². The molecule has 6 heteroatoms. The molecule has 0 aliphatic carbocycles. The predicted octanol–water partition coefficient (Wildman–Crippen LogP) is -0.139. The fourth-order valence-corrected chi connectivity index (χ4v) is 0.310. The molecule has 68 valence electrons. The third-order valence-corrected chi connectivity index (χ3v) is 0.865. The normalized spacial score (nSPS) is 10.8. The SMILES string of the molecule is C#CCONCC(F)(F)C(=O)O. The highest BCUT2D eigenvalue weighted by Gasteiger charge is 2.38. The Balaban J connectivity index is 3.63. The van der Waals surface area contributed by atoms with E-state index in [9.17, 15) is 13.6 Å². The summed E-state index contributed by atoms with van der Waals surface area (Å²) in [6, 6.07) is 0. The van der Waals surface area contributed by atoms with Gasteiger partial charge in [-0.1, -0.05) is 5.92 Å². The maximum absolute atomic E-state index is 12.2. The summed E-state index contributed by atoms with van der Waals surface area (Å²) in [5.41, 5.74) is 1.73. The highest BCUT2D eigenvalue weighted by atomic mass is 19.3. The minimum absolute atomic E-state index is 0.199. The predicted molar refractivity (Wildman–Crippen MR) is 35.4 cm³/mol. The Morgan fingerprint density at radius 1 is 1.75 bits per heavy atom. The van der Waals surface area contributed by atoms with Gasteiger partial charge in [-0.05, 0) is 0 Å². The zero-order valence-corrected chi connectivity index (χ0v) is 6.01. The lowest BCUT2D eigenvalue weighted by Gasteiger charge is -2.10. The molecule has 0 aliphatic rings. The average molecular weight is 179 g/mol. The first-order valence-corrected chi connectivity index (χ1v) is 2.90. The van der Waals surface area contributed by atoms with Gasteiger partial charge in [-0.25, -0.2) is 4.79 Å². The van der Waals surface area contributed by atoms with Gasteiger partial charge in [0, 0.05) is 0 Å². The van der Waals surface area contributed by atoms with E-state index in [0.29, 0.717) is 0 Å². The molecule has 0 fully saturated rings. The van der Waals surface area contributed by atoms with E-state index in [2.05, 4.69) is 4.84 Å². The number of carbonyl (C=O) groups is 1. The summed E-state index contributed by atoms with van der Waals surface area (Å²) in [5, 5.41) is 7.91. The van der Waals surface area contributed by atoms with Crippen LogP contribution in [0.1, 0.15) is 0 Å². The van der Waals surface area contributed by atoms with Crippen molar-refractivity contribution >= 4 is 5.97 Å². The smallest absolute Gasteiger partial charge is 0.376 e. The van der Waals surface area contributed by atoms with Gasteiger partial charge in [-0.3, -0.25) is 4.84 Å². The minimum atomic E-state index is -3.84. The number of carboxylic acids is 1. The zero-order chi connectivity index (χ0) is 9.61. The van der Waals surface area contributed by atoms with Crippen LogP contribution in [0.3, 0.4) is 0 Å². The Labute approximate surface area is 67.5 Å². The topological polar surface area (TPSA) is 58.6 Å². The van der Waals surface area contributed by atoms with Gasteiger partial charge in [0.2, 0.25) is 0 Å². The van der Waals surface area contributed by atoms with E-state index in [4.69, 9.17) is 11.5 Å². The third-order valence-electron chi connectivity index (χ3n) is 0.865. The lowest BCUT2D eigenvalue weighted by molar-refractivity contribution is -0.167. The van der Waals surface area contributed by atoms with Crippen molar-refractivity contribution in [3.63, 3.8) is 0 Å². The number of alkyl halides is 2. The second kappa shape index (κ2) is 4.64. The molecule has 4 nitrogen and oxygen atoms in total. The molecule has 0 heterocycles. The number of hydrogen-bond donors (Lipinski definition) is 2. The Kier molecular flexibility index (Phi) is 4.18. The van der Waals surface area contributed by atoms with E-state index < -0.39 is 18.4 Å². The lowest BCUT2D eigenvalue weighted by Crippen LogP contribution is -2.39. The van der Waals surface area contributed by atoms with Crippen LogP contribution in [-0.2, 0) is 9.63 Å². The molecule has 0 saturated heterocycles. The number of rotatable bonds is 5. The summed E-state index contributed by atoms with van der Waals surface area (Å²) in [7, 11) is 0. The van der Waals surface area contributed by atoms with Crippen LogP contribution < -0.4 is 5.48 Å². The van der Waals surface area contributed by atoms with Crippen molar-refractivity contribution in [2.24, 2.45) is 0 Å². The minimum Gasteiger partial charge on any atom is -0.477 e. The van der Waals surface area contributed by atoms with Crippen molar-refractivity contribution in [1.29, 1.82) is 0 Å². The number of halogens is 2. The molecule has 0 atom stereocenters. The fraction of sp³-hybridized carbons (Fsp3) is 0.500. The lowest BCUT2D eigenvalue weighted by atomic mass is 10.3. The van der Waals surface area contributed by atoms with E-state index in [0.717, 1.165) is 0 Å². The van der Waals surface area contributed by atoms with Crippen molar-refractivity contribution in [1.82, 2.24) is 5.48 Å². The summed E-state index contributed by atoms with van der Waals surface area (Å²) in [4.78, 5) is 14.0. The molecule has 0 radical (unpaired) electrons. The summed E-state index contributed by atoms with van der Waals surface area (Å²) in [6.45, 7) is -1.31. The van der Waals surface area contributed by atoms with E-state index >= 15 is 0 Å². The molecule has 0 unspecified atom stereocenters. The van der Waals surface area contributed by atoms with Crippen molar-refractivity contribution < 1.29 is 23.5 Å². The summed E-state index contributed by atoms with van der Waals surface area (Å²) in [6.07, 6.45) is 4.72. The molecular weight excluding hydrogens is 172 g/mol. The van der Waals surface area contributed by atoms with Crippen LogP contribution in [0.2, 0.25) is 0 Å². The molecule has 0 amide bonds. The van der Waals surface area contributed by atoms with Crippen LogP contribution in [0.5, 0.6) is 0 Å². The molecule has 0 saturated carbocycles. The standard InChI is InChI=1S/C6H7F2NO3/c1-2-3-12-9-4-6(7,8)5(10)11/h1,9H,3-4H2,(H,10,11). The van der Waals surface area contributed by atoms with Crippen LogP contribution in [0.4, 0.5) is 8.78 Å². The first kappa shape index (κ1) is 10.8. The summed E-state index contributed by atoms with van der Waals surface area (Å²) < 4.78 is 24.4. The van der Waals surface area contributed by atoms with Crippen LogP contribution in [-0.4, -0.2) is 30.2 Å². The fourth-order valence-electron chi connectivity index (χ4n) is 0.310. The van der Waals surface area contributed by atoms with Gasteiger partial charge in [0.25, 0.3) is 0 Å². The van der Waals surface area contributed by atoms with Crippen LogP contribution in [0.15, 0.2) is 0 Å². The van der Waals surface area contributed by atoms with Crippen molar-refractivity contribution in [3.05, 3.63) is 0 Å². The number of nitrogens with one attached hydrogen (secondary N) is 1. The van der Waals surface area contributed by atoms with E-state index in [-0.39, 0.29) is 6.61 Å². The van der Waals surface area contributed by atoms with Gasteiger partial charge in [-0.2, -0.15) is 14.3 Å². The molecular formula is C6H7F2NO3. The number of hydroxylamine groups is 1. The van der Waals surface area contributed by atoms with E-state index in [1.807, 2.05) is 5.92 Å². The first-order chi connectivity index (χ1) is 5.50. The number of terminal acetylenes is 1. The highest BCUT2D eigenvalue weighted by Crippen LogP contribution is 2.11. The number of carboxylic acid groups (broad SMARTS) is 1. The molecule has 0 aromatic rings. The Morgan fingerprint density at radius 3 is 2.75 bits per heavy atom. The Bertz CT molecular complexity index is 199. The molecule has 0 bridgehead atoms. The van der Waals surface area contributed by atoms with Gasteiger partial charge in [-0.15, -0.1) is 6.42 Å². The van der Waals surface area contributed by atoms with Gasteiger partial charge >= 0.3 is 11.9 Å². The quantitative estimate of drug-likeness (QED) is 0.350. The molecule has 0 spiro atoms. The Morgan fingerprint density at radius 2 is 2.33 bits per heavy atom. The molecule has 0 aromatic heterocycles. The number of aliphatic carboxylic acids is 1. The van der Waals surface area contributed by atoms with Gasteiger partial charge < -0.3 is 5.11 Å². The molecule has 2 N–H and O–H groups in total. The first-order valence-electron chi connectivity index (χ1n) is 2.90. The molecule has 0 aliphatic heterocycles. The molecule has 0 rings (SSSR count). The monoisotopic (exact) mass is 179 g/mol.